The molecule has 7 heteroatoms. The third-order valence-corrected chi connectivity index (χ3v) is 5.11. The average Bonchev–Trinajstić information content (AvgIpc) is 3.27. The summed E-state index contributed by atoms with van der Waals surface area (Å²) in [5.74, 6) is -1.67. The van der Waals surface area contributed by atoms with Gasteiger partial charge in [-0.05, 0) is 48.9 Å². The lowest BCUT2D eigenvalue weighted by Crippen LogP contribution is -2.33. The number of anilines is 1. The maximum atomic E-state index is 12.4. The molecule has 0 bridgehead atoms. The smallest absolute Gasteiger partial charge is 0.306 e. The van der Waals surface area contributed by atoms with Gasteiger partial charge in [0, 0.05) is 17.3 Å². The zero-order chi connectivity index (χ0) is 17.8. The molecule has 25 heavy (non-hydrogen) atoms. The quantitative estimate of drug-likeness (QED) is 0.766. The summed E-state index contributed by atoms with van der Waals surface area (Å²) in [5, 5.41) is 16.5. The van der Waals surface area contributed by atoms with Crippen LogP contribution in [0.15, 0.2) is 41.8 Å². The third-order valence-electron chi connectivity index (χ3n) is 4.24. The first-order valence-electron chi connectivity index (χ1n) is 8.01. The molecule has 6 nitrogen and oxygen atoms in total. The van der Waals surface area contributed by atoms with Crippen molar-refractivity contribution >= 4 is 34.8 Å². The fourth-order valence-electron chi connectivity index (χ4n) is 2.94. The number of benzene rings is 1. The van der Waals surface area contributed by atoms with E-state index >= 15 is 0 Å². The summed E-state index contributed by atoms with van der Waals surface area (Å²) in [6, 6.07) is 10.1. The fraction of sp³-hybridized carbons (Fsp3) is 0.278. The Bertz CT molecular complexity index is 788. The Morgan fingerprint density at radius 2 is 1.92 bits per heavy atom. The molecule has 3 N–H and O–H groups in total. The minimum atomic E-state index is -0.810. The van der Waals surface area contributed by atoms with Crippen LogP contribution in [0.1, 0.15) is 39.3 Å². The Kier molecular flexibility index (Phi) is 5.14. The van der Waals surface area contributed by atoms with Gasteiger partial charge < -0.3 is 15.7 Å². The molecule has 0 radical (unpaired) electrons. The molecule has 0 saturated heterocycles. The van der Waals surface area contributed by atoms with Gasteiger partial charge in [-0.1, -0.05) is 12.1 Å². The normalized spacial score (nSPS) is 19.4. The van der Waals surface area contributed by atoms with Crippen molar-refractivity contribution in [3.63, 3.8) is 0 Å². The number of hydrogen-bond acceptors (Lipinski definition) is 4. The molecule has 0 spiro atoms. The molecule has 2 atom stereocenters. The van der Waals surface area contributed by atoms with E-state index < -0.39 is 5.97 Å². The molecule has 130 valence electrons. The second-order valence-electron chi connectivity index (χ2n) is 6.03. The van der Waals surface area contributed by atoms with E-state index in [4.69, 9.17) is 5.11 Å². The highest BCUT2D eigenvalue weighted by Crippen LogP contribution is 2.26. The summed E-state index contributed by atoms with van der Waals surface area (Å²) in [5.41, 5.74) is 0.976. The monoisotopic (exact) mass is 358 g/mol. The van der Waals surface area contributed by atoms with Crippen molar-refractivity contribution in [3.8, 4) is 0 Å². The summed E-state index contributed by atoms with van der Waals surface area (Å²) in [4.78, 5) is 36.0. The van der Waals surface area contributed by atoms with E-state index in [-0.39, 0.29) is 23.8 Å². The molecular formula is C18H18N2O4S. The predicted molar refractivity (Wildman–Crippen MR) is 94.9 cm³/mol. The zero-order valence-electron chi connectivity index (χ0n) is 13.4. The largest absolute Gasteiger partial charge is 0.481 e. The van der Waals surface area contributed by atoms with E-state index in [1.807, 2.05) is 5.38 Å². The van der Waals surface area contributed by atoms with Crippen LogP contribution in [0.3, 0.4) is 0 Å². The molecule has 2 amide bonds. The number of carbonyl (C=O) groups excluding carboxylic acids is 2. The molecule has 1 heterocycles. The van der Waals surface area contributed by atoms with Gasteiger partial charge in [0.05, 0.1) is 10.8 Å². The Labute approximate surface area is 148 Å². The first kappa shape index (κ1) is 17.2. The van der Waals surface area contributed by atoms with Crippen LogP contribution in [0.25, 0.3) is 0 Å². The Morgan fingerprint density at radius 3 is 2.60 bits per heavy atom. The van der Waals surface area contributed by atoms with Crippen molar-refractivity contribution in [1.82, 2.24) is 5.32 Å². The first-order valence-corrected chi connectivity index (χ1v) is 8.89. The Hall–Kier alpha value is -2.67. The lowest BCUT2D eigenvalue weighted by Gasteiger charge is -2.13. The molecule has 1 saturated carbocycles. The van der Waals surface area contributed by atoms with E-state index in [1.165, 1.54) is 11.3 Å². The van der Waals surface area contributed by atoms with Crippen LogP contribution < -0.4 is 10.6 Å². The number of nitrogens with one attached hydrogen (secondary N) is 2. The van der Waals surface area contributed by atoms with E-state index in [0.29, 0.717) is 35.4 Å². The summed E-state index contributed by atoms with van der Waals surface area (Å²) < 4.78 is 0. The van der Waals surface area contributed by atoms with Crippen LogP contribution in [0.2, 0.25) is 0 Å². The highest BCUT2D eigenvalue weighted by Gasteiger charge is 2.30. The van der Waals surface area contributed by atoms with Crippen LogP contribution in [0.4, 0.5) is 5.69 Å². The van der Waals surface area contributed by atoms with E-state index in [9.17, 15) is 14.4 Å². The van der Waals surface area contributed by atoms with Gasteiger partial charge in [-0.2, -0.15) is 0 Å². The summed E-state index contributed by atoms with van der Waals surface area (Å²) >= 11 is 1.35. The Balaban J connectivity index is 1.62. The molecule has 0 unspecified atom stereocenters. The Morgan fingerprint density at radius 1 is 1.08 bits per heavy atom. The lowest BCUT2D eigenvalue weighted by atomic mass is 10.1. The van der Waals surface area contributed by atoms with Gasteiger partial charge in [-0.25, -0.2) is 0 Å². The van der Waals surface area contributed by atoms with E-state index in [0.717, 1.165) is 0 Å². The van der Waals surface area contributed by atoms with Crippen molar-refractivity contribution in [1.29, 1.82) is 0 Å². The average molecular weight is 358 g/mol. The molecule has 1 aromatic carbocycles. The number of carboxylic acid groups (broad SMARTS) is 1. The highest BCUT2D eigenvalue weighted by molar-refractivity contribution is 7.12. The molecule has 1 aliphatic carbocycles. The van der Waals surface area contributed by atoms with Gasteiger partial charge >= 0.3 is 5.97 Å². The number of carbonyl (C=O) groups is 3. The maximum Gasteiger partial charge on any atom is 0.306 e. The van der Waals surface area contributed by atoms with Crippen molar-refractivity contribution in [2.75, 3.05) is 5.32 Å². The lowest BCUT2D eigenvalue weighted by molar-refractivity contribution is -0.141. The van der Waals surface area contributed by atoms with Crippen LogP contribution in [-0.2, 0) is 4.79 Å². The van der Waals surface area contributed by atoms with Crippen molar-refractivity contribution in [2.24, 2.45) is 5.92 Å². The minimum Gasteiger partial charge on any atom is -0.481 e. The second kappa shape index (κ2) is 7.48. The number of hydrogen-bond donors (Lipinski definition) is 3. The van der Waals surface area contributed by atoms with Crippen molar-refractivity contribution in [3.05, 3.63) is 52.2 Å². The fourth-order valence-corrected chi connectivity index (χ4v) is 3.56. The molecule has 1 aromatic heterocycles. The SMILES string of the molecule is O=C(N[C@@H]1CC[C@H](C(=O)O)C1)c1cccc(NC(=O)c2cccs2)c1. The zero-order valence-corrected chi connectivity index (χ0v) is 14.2. The summed E-state index contributed by atoms with van der Waals surface area (Å²) in [7, 11) is 0. The van der Waals surface area contributed by atoms with Gasteiger partial charge in [-0.15, -0.1) is 11.3 Å². The van der Waals surface area contributed by atoms with E-state index in [2.05, 4.69) is 10.6 Å². The molecule has 3 rings (SSSR count). The molecule has 2 aromatic rings. The van der Waals surface area contributed by atoms with Crippen LogP contribution in [0, 0.1) is 5.92 Å². The predicted octanol–water partition coefficient (Wildman–Crippen LogP) is 2.98. The first-order chi connectivity index (χ1) is 12.0. The number of amides is 2. The van der Waals surface area contributed by atoms with Crippen molar-refractivity contribution in [2.45, 2.75) is 25.3 Å². The number of thiophene rings is 1. The van der Waals surface area contributed by atoms with Gasteiger partial charge in [0.1, 0.15) is 0 Å². The molecular weight excluding hydrogens is 340 g/mol. The third kappa shape index (κ3) is 4.24. The summed E-state index contributed by atoms with van der Waals surface area (Å²) in [6.07, 6.45) is 1.70. The van der Waals surface area contributed by atoms with Gasteiger partial charge in [-0.3, -0.25) is 14.4 Å². The standard InChI is InChI=1S/C18H18N2O4S/c21-16(19-14-7-6-12(10-14)18(23)24)11-3-1-4-13(9-11)20-17(22)15-5-2-8-25-15/h1-5,8-9,12,14H,6-7,10H2,(H,19,21)(H,20,22)(H,23,24)/t12-,14+/m0/s1. The van der Waals surface area contributed by atoms with Gasteiger partial charge in [0.25, 0.3) is 11.8 Å². The van der Waals surface area contributed by atoms with Crippen LogP contribution in [0.5, 0.6) is 0 Å². The van der Waals surface area contributed by atoms with E-state index in [1.54, 1.807) is 36.4 Å². The second-order valence-corrected chi connectivity index (χ2v) is 6.98. The maximum absolute atomic E-state index is 12.4. The molecule has 1 aliphatic rings. The van der Waals surface area contributed by atoms with Gasteiger partial charge in [0.15, 0.2) is 0 Å². The van der Waals surface area contributed by atoms with Crippen LogP contribution >= 0.6 is 11.3 Å². The van der Waals surface area contributed by atoms with Crippen molar-refractivity contribution < 1.29 is 19.5 Å². The van der Waals surface area contributed by atoms with Crippen LogP contribution in [-0.4, -0.2) is 28.9 Å². The summed E-state index contributed by atoms with van der Waals surface area (Å²) in [6.45, 7) is 0. The molecule has 1 fully saturated rings. The number of carboxylic acids is 1. The topological polar surface area (TPSA) is 95.5 Å². The number of rotatable bonds is 5. The molecule has 0 aliphatic heterocycles. The van der Waals surface area contributed by atoms with Gasteiger partial charge in [0.2, 0.25) is 0 Å². The minimum absolute atomic E-state index is 0.127. The highest BCUT2D eigenvalue weighted by atomic mass is 32.1. The number of aliphatic carboxylic acids is 1.